The number of rotatable bonds is 5. The maximum atomic E-state index is 6.99. The molecular formula is C57H53BN2O3. The molecule has 0 radical (unpaired) electrons. The number of imidazole rings is 1. The zero-order valence-electron chi connectivity index (χ0n) is 38.0. The molecular weight excluding hydrogens is 771 g/mol. The smallest absolute Gasteiger partial charge is 0.260 e. The minimum absolute atomic E-state index is 0.00920. The summed E-state index contributed by atoms with van der Waals surface area (Å²) in [6.45, 7) is 22.7. The first-order valence-corrected chi connectivity index (χ1v) is 22.5. The third kappa shape index (κ3) is 6.24. The van der Waals surface area contributed by atoms with Crippen LogP contribution in [0.3, 0.4) is 0 Å². The molecule has 0 amide bonds. The molecule has 2 aliphatic heterocycles. The molecule has 6 heteroatoms. The van der Waals surface area contributed by atoms with Gasteiger partial charge in [0.25, 0.3) is 6.71 Å². The lowest BCUT2D eigenvalue weighted by molar-refractivity contribution is 0.464. The van der Waals surface area contributed by atoms with E-state index in [1.165, 1.54) is 38.9 Å². The maximum Gasteiger partial charge on any atom is 0.260 e. The van der Waals surface area contributed by atoms with E-state index < -0.39 is 0 Å². The first kappa shape index (κ1) is 39.3. The Kier molecular flexibility index (Phi) is 8.73. The number of hydrogen-bond donors (Lipinski definition) is 0. The molecule has 0 bridgehead atoms. The molecule has 312 valence electrons. The van der Waals surface area contributed by atoms with E-state index in [1.54, 1.807) is 0 Å². The van der Waals surface area contributed by atoms with Crippen LogP contribution in [0.1, 0.15) is 103 Å². The maximum absolute atomic E-state index is 6.99. The van der Waals surface area contributed by atoms with Crippen LogP contribution in [0.2, 0.25) is 0 Å². The number of benzene rings is 7. The summed E-state index contributed by atoms with van der Waals surface area (Å²) in [6, 6.07) is 46.0. The fourth-order valence-corrected chi connectivity index (χ4v) is 9.96. The molecule has 0 saturated heterocycles. The molecule has 0 atom stereocenters. The minimum Gasteiger partial charge on any atom is -0.458 e. The van der Waals surface area contributed by atoms with Crippen LogP contribution in [-0.2, 0) is 10.8 Å². The van der Waals surface area contributed by atoms with Crippen LogP contribution in [0.4, 0.5) is 0 Å². The molecule has 0 spiro atoms. The van der Waals surface area contributed by atoms with E-state index in [1.807, 2.05) is 0 Å². The quantitative estimate of drug-likeness (QED) is 0.162. The standard InChI is InChI=1S/C57H53BN2O3/c1-32(2)38-15-13-16-39(33(3)4)53(38)60-46-20-12-11-19-45(46)59-55(60)42-18-14-17-41-40-24-21-34(27-49(40)63-54(41)42)35-28-50-52-51(29-35)62-48-26-23-37(57(8,9)10)31-44(48)58(52)43-30-36(56(5,6)7)22-25-47(43)61-50/h11-33H,1-10H3. The van der Waals surface area contributed by atoms with Gasteiger partial charge in [-0.25, -0.2) is 4.98 Å². The molecule has 63 heavy (non-hydrogen) atoms. The van der Waals surface area contributed by atoms with Gasteiger partial charge in [-0.1, -0.05) is 142 Å². The van der Waals surface area contributed by atoms with Crippen LogP contribution in [0.5, 0.6) is 23.0 Å². The molecule has 4 heterocycles. The average Bonchev–Trinajstić information content (AvgIpc) is 3.83. The fraction of sp³-hybridized carbons (Fsp3) is 0.246. The molecule has 2 aromatic heterocycles. The molecule has 0 saturated carbocycles. The summed E-state index contributed by atoms with van der Waals surface area (Å²) in [6.07, 6.45) is 0. The molecule has 11 rings (SSSR count). The molecule has 0 aliphatic carbocycles. The number of fused-ring (bicyclic) bond motifs is 8. The zero-order valence-corrected chi connectivity index (χ0v) is 38.0. The van der Waals surface area contributed by atoms with Crippen molar-refractivity contribution in [2.45, 2.75) is 91.9 Å². The summed E-state index contributed by atoms with van der Waals surface area (Å²) in [4.78, 5) is 5.36. The average molecular weight is 825 g/mol. The minimum atomic E-state index is -0.0225. The van der Waals surface area contributed by atoms with Crippen LogP contribution in [-0.4, -0.2) is 16.3 Å². The van der Waals surface area contributed by atoms with E-state index >= 15 is 0 Å². The van der Waals surface area contributed by atoms with Crippen molar-refractivity contribution < 1.29 is 13.9 Å². The van der Waals surface area contributed by atoms with Gasteiger partial charge in [-0.2, -0.15) is 0 Å². The highest BCUT2D eigenvalue weighted by Crippen LogP contribution is 2.44. The van der Waals surface area contributed by atoms with Gasteiger partial charge in [0.15, 0.2) is 0 Å². The highest BCUT2D eigenvalue weighted by molar-refractivity contribution is 6.98. The molecule has 0 fully saturated rings. The molecule has 2 aliphatic rings. The molecule has 9 aromatic rings. The summed E-state index contributed by atoms with van der Waals surface area (Å²) in [7, 11) is 0. The van der Waals surface area contributed by atoms with Crippen molar-refractivity contribution in [1.29, 1.82) is 0 Å². The van der Waals surface area contributed by atoms with Crippen LogP contribution < -0.4 is 25.9 Å². The van der Waals surface area contributed by atoms with E-state index in [2.05, 4.69) is 201 Å². The monoisotopic (exact) mass is 824 g/mol. The van der Waals surface area contributed by atoms with Gasteiger partial charge < -0.3 is 13.9 Å². The third-order valence-electron chi connectivity index (χ3n) is 13.4. The second kappa shape index (κ2) is 14.0. The van der Waals surface area contributed by atoms with E-state index in [0.29, 0.717) is 11.8 Å². The van der Waals surface area contributed by atoms with E-state index in [-0.39, 0.29) is 17.5 Å². The molecule has 0 unspecified atom stereocenters. The Balaban J connectivity index is 1.07. The Morgan fingerprint density at radius 2 is 1.16 bits per heavy atom. The first-order chi connectivity index (χ1) is 30.1. The Hall–Kier alpha value is -6.53. The second-order valence-electron chi connectivity index (χ2n) is 20.4. The zero-order chi connectivity index (χ0) is 43.7. The van der Waals surface area contributed by atoms with Gasteiger partial charge in [0.2, 0.25) is 0 Å². The Morgan fingerprint density at radius 1 is 0.556 bits per heavy atom. The Bertz CT molecular complexity index is 3220. The topological polar surface area (TPSA) is 49.4 Å². The van der Waals surface area contributed by atoms with Gasteiger partial charge in [-0.05, 0) is 122 Å². The van der Waals surface area contributed by atoms with Crippen molar-refractivity contribution in [3.63, 3.8) is 0 Å². The number of nitrogens with zero attached hydrogens (tertiary/aromatic N) is 2. The van der Waals surface area contributed by atoms with Crippen molar-refractivity contribution in [1.82, 2.24) is 9.55 Å². The van der Waals surface area contributed by atoms with Crippen molar-refractivity contribution in [2.75, 3.05) is 0 Å². The number of aromatic nitrogens is 2. The SMILES string of the molecule is CC(C)c1cccc(C(C)C)c1-n1c(-c2cccc3c2oc2cc(-c4cc5c6c(c4)Oc4ccc(C(C)(C)C)cc4B6c4cc(C(C)(C)C)ccc4O5)ccc23)nc2ccccc21. The van der Waals surface area contributed by atoms with Gasteiger partial charge >= 0.3 is 0 Å². The van der Waals surface area contributed by atoms with Gasteiger partial charge in [0, 0.05) is 16.2 Å². The second-order valence-corrected chi connectivity index (χ2v) is 20.4. The van der Waals surface area contributed by atoms with E-state index in [9.17, 15) is 0 Å². The number of hydrogen-bond acceptors (Lipinski definition) is 4. The van der Waals surface area contributed by atoms with Gasteiger partial charge in [-0.15, -0.1) is 0 Å². The van der Waals surface area contributed by atoms with Crippen LogP contribution in [0.15, 0.2) is 132 Å². The lowest BCUT2D eigenvalue weighted by Crippen LogP contribution is -2.57. The lowest BCUT2D eigenvalue weighted by Gasteiger charge is -2.35. The molecule has 7 aromatic carbocycles. The highest BCUT2D eigenvalue weighted by atomic mass is 16.5. The van der Waals surface area contributed by atoms with Crippen LogP contribution in [0, 0.1) is 0 Å². The summed E-state index contributed by atoms with van der Waals surface area (Å²) in [5, 5.41) is 2.11. The van der Waals surface area contributed by atoms with Gasteiger partial charge in [-0.3, -0.25) is 4.57 Å². The number of furan rings is 1. The fourth-order valence-electron chi connectivity index (χ4n) is 9.96. The van der Waals surface area contributed by atoms with Crippen molar-refractivity contribution in [3.05, 3.63) is 150 Å². The normalized spacial score (nSPS) is 13.4. The van der Waals surface area contributed by atoms with E-state index in [0.717, 1.165) is 83.9 Å². The van der Waals surface area contributed by atoms with Crippen molar-refractivity contribution >= 4 is 56.1 Å². The third-order valence-corrected chi connectivity index (χ3v) is 13.4. The summed E-state index contributed by atoms with van der Waals surface area (Å²) in [5.74, 6) is 4.94. The highest BCUT2D eigenvalue weighted by Gasteiger charge is 2.41. The van der Waals surface area contributed by atoms with Gasteiger partial charge in [0.05, 0.1) is 22.3 Å². The van der Waals surface area contributed by atoms with E-state index in [4.69, 9.17) is 18.9 Å². The molecule has 0 N–H and O–H groups in total. The van der Waals surface area contributed by atoms with Gasteiger partial charge in [0.1, 0.15) is 40.0 Å². The predicted molar refractivity (Wildman–Crippen MR) is 262 cm³/mol. The summed E-state index contributed by atoms with van der Waals surface area (Å²) < 4.78 is 23.1. The van der Waals surface area contributed by atoms with Crippen molar-refractivity contribution in [3.8, 4) is 51.2 Å². The Morgan fingerprint density at radius 3 is 1.76 bits per heavy atom. The lowest BCUT2D eigenvalue weighted by atomic mass is 9.34. The van der Waals surface area contributed by atoms with Crippen LogP contribution in [0.25, 0.3) is 61.2 Å². The first-order valence-electron chi connectivity index (χ1n) is 22.5. The number of ether oxygens (including phenoxy) is 2. The summed E-state index contributed by atoms with van der Waals surface area (Å²) in [5.41, 5.74) is 16.4. The molecule has 5 nitrogen and oxygen atoms in total. The largest absolute Gasteiger partial charge is 0.458 e. The summed E-state index contributed by atoms with van der Waals surface area (Å²) >= 11 is 0. The number of para-hydroxylation sites is 4. The Labute approximate surface area is 370 Å². The van der Waals surface area contributed by atoms with Crippen LogP contribution >= 0.6 is 0 Å². The van der Waals surface area contributed by atoms with Crippen molar-refractivity contribution in [2.24, 2.45) is 0 Å². The predicted octanol–water partition coefficient (Wildman–Crippen LogP) is 13.8.